The normalized spacial score (nSPS) is 13.9. The maximum absolute atomic E-state index is 11.9. The lowest BCUT2D eigenvalue weighted by Gasteiger charge is -2.15. The minimum absolute atomic E-state index is 0.0199. The van der Waals surface area contributed by atoms with Crippen molar-refractivity contribution in [1.29, 1.82) is 0 Å². The molecule has 2 amide bonds. The molecule has 2 heterocycles. The number of hydrogen-bond acceptors (Lipinski definition) is 5. The summed E-state index contributed by atoms with van der Waals surface area (Å²) in [7, 11) is 0. The van der Waals surface area contributed by atoms with Crippen LogP contribution in [-0.2, 0) is 9.59 Å². The third kappa shape index (κ3) is 4.17. The van der Waals surface area contributed by atoms with Crippen molar-refractivity contribution in [2.24, 2.45) is 0 Å². The zero-order valence-corrected chi connectivity index (χ0v) is 14.0. The van der Waals surface area contributed by atoms with Gasteiger partial charge in [0.05, 0.1) is 6.54 Å². The molecule has 0 atom stereocenters. The number of ether oxygens (including phenoxy) is 1. The molecule has 3 rings (SSSR count). The van der Waals surface area contributed by atoms with Gasteiger partial charge in [-0.3, -0.25) is 9.59 Å². The maximum atomic E-state index is 11.9. The van der Waals surface area contributed by atoms with Gasteiger partial charge in [-0.1, -0.05) is 0 Å². The first-order valence-electron chi connectivity index (χ1n) is 8.25. The summed E-state index contributed by atoms with van der Waals surface area (Å²) in [6.45, 7) is 3.10. The predicted octanol–water partition coefficient (Wildman–Crippen LogP) is 1.22. The van der Waals surface area contributed by atoms with Crippen LogP contribution in [0.1, 0.15) is 18.4 Å². The molecule has 0 unspecified atom stereocenters. The SMILES string of the molecule is Cc1cc(=O)oc2cc(OCC(=O)NCC(=O)N3CCCC3)ccc12. The van der Waals surface area contributed by atoms with E-state index in [1.807, 2.05) is 6.92 Å². The highest BCUT2D eigenvalue weighted by atomic mass is 16.5. The van der Waals surface area contributed by atoms with Crippen LogP contribution in [0, 0.1) is 6.92 Å². The first-order valence-corrected chi connectivity index (χ1v) is 8.25. The second-order valence-corrected chi connectivity index (χ2v) is 6.06. The van der Waals surface area contributed by atoms with Crippen LogP contribution < -0.4 is 15.7 Å². The molecule has 7 nitrogen and oxygen atoms in total. The first-order chi connectivity index (χ1) is 12.0. The Kier molecular flexibility index (Phi) is 5.02. The molecule has 132 valence electrons. The minimum atomic E-state index is -0.430. The van der Waals surface area contributed by atoms with Gasteiger partial charge in [-0.05, 0) is 37.5 Å². The quantitative estimate of drug-likeness (QED) is 0.824. The molecular weight excluding hydrogens is 324 g/mol. The number of hydrogen-bond donors (Lipinski definition) is 1. The summed E-state index contributed by atoms with van der Waals surface area (Å²) in [5.41, 5.74) is 0.795. The number of carbonyl (C=O) groups is 2. The molecule has 1 aromatic carbocycles. The van der Waals surface area contributed by atoms with E-state index in [2.05, 4.69) is 5.32 Å². The van der Waals surface area contributed by atoms with E-state index in [-0.39, 0.29) is 25.0 Å². The smallest absolute Gasteiger partial charge is 0.336 e. The molecule has 1 saturated heterocycles. The molecule has 1 aliphatic heterocycles. The van der Waals surface area contributed by atoms with E-state index in [1.165, 1.54) is 6.07 Å². The summed E-state index contributed by atoms with van der Waals surface area (Å²) in [5.74, 6) is -0.0330. The van der Waals surface area contributed by atoms with E-state index < -0.39 is 5.63 Å². The molecule has 0 radical (unpaired) electrons. The number of rotatable bonds is 5. The Morgan fingerprint density at radius 3 is 2.76 bits per heavy atom. The Bertz CT molecular complexity index is 852. The lowest BCUT2D eigenvalue weighted by Crippen LogP contribution is -2.40. The summed E-state index contributed by atoms with van der Waals surface area (Å²) in [5, 5.41) is 3.37. The molecule has 0 spiro atoms. The van der Waals surface area contributed by atoms with E-state index in [1.54, 1.807) is 23.1 Å². The van der Waals surface area contributed by atoms with Crippen molar-refractivity contribution in [2.75, 3.05) is 26.2 Å². The molecule has 1 aliphatic rings. The number of amides is 2. The summed E-state index contributed by atoms with van der Waals surface area (Å²) < 4.78 is 10.6. The molecule has 0 bridgehead atoms. The van der Waals surface area contributed by atoms with Crippen LogP contribution in [0.15, 0.2) is 33.5 Å². The number of aryl methyl sites for hydroxylation is 1. The maximum Gasteiger partial charge on any atom is 0.336 e. The van der Waals surface area contributed by atoms with Gasteiger partial charge in [-0.25, -0.2) is 4.79 Å². The minimum Gasteiger partial charge on any atom is -0.484 e. The van der Waals surface area contributed by atoms with Crippen molar-refractivity contribution in [3.8, 4) is 5.75 Å². The predicted molar refractivity (Wildman–Crippen MR) is 91.5 cm³/mol. The third-order valence-electron chi connectivity index (χ3n) is 4.19. The highest BCUT2D eigenvalue weighted by molar-refractivity contribution is 5.85. The monoisotopic (exact) mass is 344 g/mol. The van der Waals surface area contributed by atoms with Crippen LogP contribution in [0.4, 0.5) is 0 Å². The van der Waals surface area contributed by atoms with Gasteiger partial charge in [-0.15, -0.1) is 0 Å². The van der Waals surface area contributed by atoms with Crippen LogP contribution in [0.5, 0.6) is 5.75 Å². The Morgan fingerprint density at radius 1 is 1.24 bits per heavy atom. The molecule has 1 N–H and O–H groups in total. The van der Waals surface area contributed by atoms with Gasteiger partial charge in [0, 0.05) is 30.6 Å². The topological polar surface area (TPSA) is 88.8 Å². The van der Waals surface area contributed by atoms with Crippen LogP contribution in [0.3, 0.4) is 0 Å². The van der Waals surface area contributed by atoms with Crippen LogP contribution >= 0.6 is 0 Å². The molecule has 7 heteroatoms. The zero-order valence-electron chi connectivity index (χ0n) is 14.0. The third-order valence-corrected chi connectivity index (χ3v) is 4.19. The highest BCUT2D eigenvalue weighted by Gasteiger charge is 2.18. The molecule has 1 aromatic heterocycles. The highest BCUT2D eigenvalue weighted by Crippen LogP contribution is 2.22. The number of nitrogens with zero attached hydrogens (tertiary/aromatic N) is 1. The summed E-state index contributed by atoms with van der Waals surface area (Å²) >= 11 is 0. The van der Waals surface area contributed by atoms with Crippen molar-refractivity contribution in [3.05, 3.63) is 40.2 Å². The Hall–Kier alpha value is -2.83. The molecule has 2 aromatic rings. The van der Waals surface area contributed by atoms with Gasteiger partial charge >= 0.3 is 5.63 Å². The van der Waals surface area contributed by atoms with Gasteiger partial charge in [0.2, 0.25) is 5.91 Å². The van der Waals surface area contributed by atoms with Crippen molar-refractivity contribution in [3.63, 3.8) is 0 Å². The summed E-state index contributed by atoms with van der Waals surface area (Å²) in [6, 6.07) is 6.48. The van der Waals surface area contributed by atoms with Gasteiger partial charge in [0.25, 0.3) is 5.91 Å². The fourth-order valence-electron chi connectivity index (χ4n) is 2.85. The number of nitrogens with one attached hydrogen (secondary N) is 1. The molecule has 1 fully saturated rings. The van der Waals surface area contributed by atoms with Gasteiger partial charge in [0.1, 0.15) is 11.3 Å². The van der Waals surface area contributed by atoms with Gasteiger partial charge < -0.3 is 19.4 Å². The molecule has 0 aliphatic carbocycles. The van der Waals surface area contributed by atoms with Crippen molar-refractivity contribution < 1.29 is 18.7 Å². The van der Waals surface area contributed by atoms with Gasteiger partial charge in [-0.2, -0.15) is 0 Å². The molecular formula is C18H20N2O5. The van der Waals surface area contributed by atoms with Crippen LogP contribution in [-0.4, -0.2) is 43.0 Å². The van der Waals surface area contributed by atoms with Crippen molar-refractivity contribution in [1.82, 2.24) is 10.2 Å². The average Bonchev–Trinajstić information content (AvgIpc) is 3.12. The fourth-order valence-corrected chi connectivity index (χ4v) is 2.85. The Morgan fingerprint density at radius 2 is 2.00 bits per heavy atom. The van der Waals surface area contributed by atoms with E-state index in [0.717, 1.165) is 36.9 Å². The standard InChI is InChI=1S/C18H20N2O5/c1-12-8-18(23)25-15-9-13(4-5-14(12)15)24-11-16(21)19-10-17(22)20-6-2-3-7-20/h4-5,8-9H,2-3,6-7,10-11H2,1H3,(H,19,21). The second kappa shape index (κ2) is 7.38. The largest absolute Gasteiger partial charge is 0.484 e. The number of carbonyl (C=O) groups excluding carboxylic acids is 2. The number of likely N-dealkylation sites (tertiary alicyclic amines) is 1. The lowest BCUT2D eigenvalue weighted by atomic mass is 10.1. The second-order valence-electron chi connectivity index (χ2n) is 6.06. The van der Waals surface area contributed by atoms with Gasteiger partial charge in [0.15, 0.2) is 6.61 Å². The first kappa shape index (κ1) is 17.0. The zero-order chi connectivity index (χ0) is 17.8. The van der Waals surface area contributed by atoms with E-state index in [9.17, 15) is 14.4 Å². The molecule has 0 saturated carbocycles. The molecule has 25 heavy (non-hydrogen) atoms. The van der Waals surface area contributed by atoms with E-state index in [4.69, 9.17) is 9.15 Å². The van der Waals surface area contributed by atoms with Crippen LogP contribution in [0.25, 0.3) is 11.0 Å². The van der Waals surface area contributed by atoms with E-state index >= 15 is 0 Å². The average molecular weight is 344 g/mol. The Labute approximate surface area is 144 Å². The number of benzene rings is 1. The summed E-state index contributed by atoms with van der Waals surface area (Å²) in [6.07, 6.45) is 2.03. The van der Waals surface area contributed by atoms with Crippen LogP contribution in [0.2, 0.25) is 0 Å². The summed E-state index contributed by atoms with van der Waals surface area (Å²) in [4.78, 5) is 36.9. The lowest BCUT2D eigenvalue weighted by molar-refractivity contribution is -0.132. The fraction of sp³-hybridized carbons (Fsp3) is 0.389. The Balaban J connectivity index is 1.54. The van der Waals surface area contributed by atoms with E-state index in [0.29, 0.717) is 11.3 Å². The number of fused-ring (bicyclic) bond motifs is 1. The van der Waals surface area contributed by atoms with Crippen molar-refractivity contribution in [2.45, 2.75) is 19.8 Å². The van der Waals surface area contributed by atoms with Crippen molar-refractivity contribution >= 4 is 22.8 Å².